The molecule has 0 aliphatic carbocycles. The van der Waals surface area contributed by atoms with Gasteiger partial charge >= 0.3 is 0 Å². The molecule has 3 aromatic heterocycles. The monoisotopic (exact) mass is 646 g/mol. The van der Waals surface area contributed by atoms with Crippen LogP contribution in [0.25, 0.3) is 55.9 Å². The Morgan fingerprint density at radius 2 is 0.523 bits per heavy atom. The summed E-state index contributed by atoms with van der Waals surface area (Å²) in [4.78, 5) is 31.6. The van der Waals surface area contributed by atoms with Crippen LogP contribution in [0.2, 0.25) is 0 Å². The van der Waals surface area contributed by atoms with E-state index in [-0.39, 0.29) is 0 Å². The lowest BCUT2D eigenvalue weighted by Crippen LogP contribution is -2.08. The van der Waals surface area contributed by atoms with Crippen LogP contribution in [0.3, 0.4) is 0 Å². The van der Waals surface area contributed by atoms with Gasteiger partial charge in [-0.25, -0.2) is 29.9 Å². The Bertz CT molecular complexity index is 2110. The van der Waals surface area contributed by atoms with Gasteiger partial charge in [0.15, 0.2) is 0 Å². The van der Waals surface area contributed by atoms with Gasteiger partial charge in [0.2, 0.25) is 0 Å². The van der Waals surface area contributed by atoms with Crippen molar-refractivity contribution in [3.05, 3.63) is 77.1 Å². The van der Waals surface area contributed by atoms with Crippen LogP contribution in [0.5, 0.6) is 0 Å². The zero-order valence-electron chi connectivity index (χ0n) is 28.1. The van der Waals surface area contributed by atoms with Crippen molar-refractivity contribution in [1.29, 1.82) is 0 Å². The number of benzene rings is 3. The molecule has 0 bridgehead atoms. The molecule has 3 heterocycles. The predicted molar refractivity (Wildman–Crippen MR) is 186 cm³/mol. The summed E-state index contributed by atoms with van der Waals surface area (Å²) in [6.45, 7) is 27.7. The van der Waals surface area contributed by atoms with Crippen LogP contribution in [-0.4, -0.2) is 29.9 Å². The van der Waals surface area contributed by atoms with Gasteiger partial charge in [0.25, 0.3) is 0 Å². The summed E-state index contributed by atoms with van der Waals surface area (Å²) in [5.74, 6) is 0. The first-order valence-electron chi connectivity index (χ1n) is 15.1. The van der Waals surface area contributed by atoms with E-state index in [4.69, 9.17) is 29.9 Å². The van der Waals surface area contributed by atoms with Crippen LogP contribution < -0.4 is 0 Å². The Morgan fingerprint density at radius 1 is 0.273 bits per heavy atom. The topological polar surface area (TPSA) is 77.3 Å². The molecule has 0 radical (unpaired) electrons. The van der Waals surface area contributed by atoms with E-state index in [1.54, 1.807) is 0 Å². The van der Waals surface area contributed by atoms with Gasteiger partial charge < -0.3 is 0 Å². The zero-order valence-corrected chi connectivity index (χ0v) is 29.6. The minimum absolute atomic E-state index is 0.633. The summed E-state index contributed by atoms with van der Waals surface area (Å²) < 4.78 is 0.633. The average molecular weight is 648 g/mol. The second-order valence-electron chi connectivity index (χ2n) is 12.5. The molecule has 0 spiro atoms. The Labute approximate surface area is 268 Å². The summed E-state index contributed by atoms with van der Waals surface area (Å²) in [5.41, 5.74) is 23.0. The summed E-state index contributed by atoms with van der Waals surface area (Å²) in [6.07, 6.45) is 0. The molecule has 0 atom stereocenters. The van der Waals surface area contributed by atoms with E-state index < -0.39 is 0 Å². The molecular weight excluding hydrogens is 608 g/mol. The molecule has 0 aliphatic heterocycles. The highest BCUT2D eigenvalue weighted by molar-refractivity contribution is 9.10. The number of rotatable bonds is 2. The summed E-state index contributed by atoms with van der Waals surface area (Å²) in [7, 11) is 0. The molecule has 0 fully saturated rings. The molecule has 6 aromatic rings. The molecule has 224 valence electrons. The van der Waals surface area contributed by atoms with Crippen molar-refractivity contribution in [3.8, 4) is 22.8 Å². The van der Waals surface area contributed by atoms with Crippen molar-refractivity contribution in [2.24, 2.45) is 0 Å². The Hall–Kier alpha value is -3.84. The lowest BCUT2D eigenvalue weighted by atomic mass is 9.95. The molecule has 44 heavy (non-hydrogen) atoms. The molecule has 0 N–H and O–H groups in total. The van der Waals surface area contributed by atoms with Gasteiger partial charge in [0.05, 0.1) is 38.8 Å². The third kappa shape index (κ3) is 4.19. The van der Waals surface area contributed by atoms with Crippen LogP contribution in [0, 0.1) is 90.0 Å². The van der Waals surface area contributed by atoms with E-state index in [1.165, 1.54) is 33.4 Å². The van der Waals surface area contributed by atoms with Crippen molar-refractivity contribution in [2.75, 3.05) is 0 Å². The number of hydrogen-bond donors (Lipinski definition) is 0. The van der Waals surface area contributed by atoms with E-state index in [9.17, 15) is 0 Å². The lowest BCUT2D eigenvalue weighted by molar-refractivity contribution is 1.11. The van der Waals surface area contributed by atoms with Crippen LogP contribution in [-0.2, 0) is 0 Å². The Morgan fingerprint density at radius 3 is 0.886 bits per heavy atom. The highest BCUT2D eigenvalue weighted by Gasteiger charge is 2.26. The van der Waals surface area contributed by atoms with E-state index in [0.717, 1.165) is 72.2 Å². The zero-order chi connectivity index (χ0) is 32.1. The summed E-state index contributed by atoms with van der Waals surface area (Å²) in [6, 6.07) is 0. The van der Waals surface area contributed by atoms with Gasteiger partial charge in [-0.2, -0.15) is 0 Å². The fourth-order valence-corrected chi connectivity index (χ4v) is 6.85. The second-order valence-corrected chi connectivity index (χ2v) is 13.3. The fourth-order valence-electron chi connectivity index (χ4n) is 6.40. The van der Waals surface area contributed by atoms with Crippen molar-refractivity contribution in [2.45, 2.75) is 90.0 Å². The number of aromatic nitrogens is 6. The third-order valence-electron chi connectivity index (χ3n) is 10.5. The molecule has 6 rings (SSSR count). The SMILES string of the molecule is Cc1nc2c(C)c(C)c(C)c(C)c2nc1-c1nc2c(C)c(C)c(C)c(C)c2nc1-c1nc2c(C)c(C)c(C)c(C)c2nc1Br. The quantitative estimate of drug-likeness (QED) is 0.186. The maximum atomic E-state index is 5.38. The van der Waals surface area contributed by atoms with E-state index in [1.807, 2.05) is 6.92 Å². The minimum atomic E-state index is 0.633. The van der Waals surface area contributed by atoms with Gasteiger partial charge in [-0.05, 0) is 173 Å². The number of halogens is 1. The molecule has 0 unspecified atom stereocenters. The van der Waals surface area contributed by atoms with Crippen molar-refractivity contribution < 1.29 is 0 Å². The molecule has 0 saturated heterocycles. The van der Waals surface area contributed by atoms with E-state index in [0.29, 0.717) is 27.4 Å². The van der Waals surface area contributed by atoms with Crippen molar-refractivity contribution >= 4 is 49.0 Å². The second kappa shape index (κ2) is 10.4. The van der Waals surface area contributed by atoms with Crippen LogP contribution in [0.1, 0.15) is 72.5 Å². The largest absolute Gasteiger partial charge is 0.249 e. The summed E-state index contributed by atoms with van der Waals surface area (Å²) in [5, 5.41) is 0. The summed E-state index contributed by atoms with van der Waals surface area (Å²) >= 11 is 3.81. The lowest BCUT2D eigenvalue weighted by Gasteiger charge is -2.19. The number of aryl methyl sites for hydroxylation is 7. The van der Waals surface area contributed by atoms with E-state index >= 15 is 0 Å². The number of fused-ring (bicyclic) bond motifs is 3. The highest BCUT2D eigenvalue weighted by Crippen LogP contribution is 2.39. The normalized spacial score (nSPS) is 11.9. The van der Waals surface area contributed by atoms with Gasteiger partial charge in [-0.1, -0.05) is 0 Å². The van der Waals surface area contributed by atoms with Gasteiger partial charge in [-0.3, -0.25) is 0 Å². The van der Waals surface area contributed by atoms with E-state index in [2.05, 4.69) is 99.0 Å². The fraction of sp³-hybridized carbons (Fsp3) is 0.351. The molecule has 0 saturated carbocycles. The van der Waals surface area contributed by atoms with Crippen LogP contribution in [0.15, 0.2) is 4.60 Å². The van der Waals surface area contributed by atoms with Crippen LogP contribution in [0.4, 0.5) is 0 Å². The maximum absolute atomic E-state index is 5.38. The Kier molecular flexibility index (Phi) is 7.12. The molecule has 0 amide bonds. The minimum Gasteiger partial charge on any atom is -0.249 e. The van der Waals surface area contributed by atoms with Crippen LogP contribution >= 0.6 is 15.9 Å². The number of nitrogens with zero attached hydrogens (tertiary/aromatic N) is 6. The van der Waals surface area contributed by atoms with Gasteiger partial charge in [-0.15, -0.1) is 0 Å². The third-order valence-corrected chi connectivity index (χ3v) is 11.0. The average Bonchev–Trinajstić information content (AvgIpc) is 3.01. The first kappa shape index (κ1) is 30.2. The first-order valence-corrected chi connectivity index (χ1v) is 15.9. The highest BCUT2D eigenvalue weighted by atomic mass is 79.9. The smallest absolute Gasteiger partial charge is 0.134 e. The maximum Gasteiger partial charge on any atom is 0.134 e. The molecule has 0 aliphatic rings. The molecular formula is C37H39BrN6. The van der Waals surface area contributed by atoms with Crippen molar-refractivity contribution in [3.63, 3.8) is 0 Å². The Balaban J connectivity index is 1.80. The molecule has 7 heteroatoms. The first-order chi connectivity index (χ1) is 20.6. The predicted octanol–water partition coefficient (Wildman–Crippen LogP) is 9.62. The van der Waals surface area contributed by atoms with Crippen molar-refractivity contribution in [1.82, 2.24) is 29.9 Å². The molecule has 3 aromatic carbocycles. The number of hydrogen-bond acceptors (Lipinski definition) is 6. The van der Waals surface area contributed by atoms with Gasteiger partial charge in [0.1, 0.15) is 27.4 Å². The standard InChI is InChI=1S/C37H39BrN6/c1-14-15(2)21(8)28-27(20(14)7)39-26(13)33(40-28)34-35(42-30-23(10)17(4)16(3)22(9)29(30)41-34)36-37(38)44-32-25(12)19(6)18(5)24(11)31(32)43-36/h1-13H3. The molecule has 6 nitrogen and oxygen atoms in total. The van der Waals surface area contributed by atoms with Gasteiger partial charge in [0, 0.05) is 0 Å².